The first-order valence-corrected chi connectivity index (χ1v) is 7.51. The fraction of sp³-hybridized carbons (Fsp3) is 0.143. The second kappa shape index (κ2) is 7.42. The van der Waals surface area contributed by atoms with Crippen LogP contribution in [0.1, 0.15) is 15.4 Å². The maximum Gasteiger partial charge on any atom is 0.341 e. The Labute approximate surface area is 141 Å². The summed E-state index contributed by atoms with van der Waals surface area (Å²) in [4.78, 5) is 27.3. The van der Waals surface area contributed by atoms with E-state index in [1.165, 1.54) is 6.07 Å². The first-order chi connectivity index (χ1) is 11.3. The van der Waals surface area contributed by atoms with E-state index in [0.717, 1.165) is 11.3 Å². The van der Waals surface area contributed by atoms with Crippen LogP contribution in [0.2, 0.25) is 0 Å². The number of aromatic nitrogens is 1. The van der Waals surface area contributed by atoms with Crippen LogP contribution in [0.4, 0.5) is 10.8 Å². The first kappa shape index (κ1) is 17.2. The largest absolute Gasteiger partial charge is 0.482 e. The van der Waals surface area contributed by atoms with Crippen LogP contribution in [-0.4, -0.2) is 34.5 Å². The van der Waals surface area contributed by atoms with Gasteiger partial charge >= 0.3 is 5.97 Å². The third kappa shape index (κ3) is 4.68. The number of carbonyl (C=O) groups is 2. The molecule has 1 heterocycles. The molecule has 0 aliphatic carbocycles. The normalized spacial score (nSPS) is 10.0. The number of nitrogens with one attached hydrogen (secondary N) is 3. The lowest BCUT2D eigenvalue weighted by Gasteiger charge is -2.07. The van der Waals surface area contributed by atoms with Gasteiger partial charge in [-0.2, -0.15) is 0 Å². The average molecular weight is 349 g/mol. The number of ether oxygens (including phenoxy) is 1. The molecule has 126 valence electrons. The Bertz CT molecular complexity index is 789. The summed E-state index contributed by atoms with van der Waals surface area (Å²) >= 11 is 1.07. The number of anilines is 2. The standard InChI is InChI=1S/C14H15N5O4S/c1-7-11(24-14(17-7)19-13(15)16)12(22)18-8-3-2-4-9(5-8)23-6-10(20)21/h2-5H,6H2,1H3,(H,18,22)(H,20,21)(H4,15,16,17,19). The summed E-state index contributed by atoms with van der Waals surface area (Å²) in [6, 6.07) is 6.39. The summed E-state index contributed by atoms with van der Waals surface area (Å²) in [6.07, 6.45) is 0. The number of aliphatic carboxylic acids is 1. The van der Waals surface area contributed by atoms with Gasteiger partial charge in [-0.1, -0.05) is 17.4 Å². The number of thiazole rings is 1. The van der Waals surface area contributed by atoms with Gasteiger partial charge in [-0.05, 0) is 19.1 Å². The van der Waals surface area contributed by atoms with E-state index in [1.54, 1.807) is 25.1 Å². The third-order valence-corrected chi connectivity index (χ3v) is 3.77. The number of nitrogens with zero attached hydrogens (tertiary/aromatic N) is 1. The maximum absolute atomic E-state index is 12.3. The number of rotatable bonds is 6. The van der Waals surface area contributed by atoms with Crippen molar-refractivity contribution in [3.63, 3.8) is 0 Å². The molecule has 0 aliphatic rings. The highest BCUT2D eigenvalue weighted by molar-refractivity contribution is 7.17. The molecular formula is C14H15N5O4S. The molecule has 0 atom stereocenters. The van der Waals surface area contributed by atoms with Crippen molar-refractivity contribution >= 4 is 40.0 Å². The highest BCUT2D eigenvalue weighted by Gasteiger charge is 2.16. The molecule has 6 N–H and O–H groups in total. The zero-order valence-electron chi connectivity index (χ0n) is 12.6. The number of carboxylic acid groups (broad SMARTS) is 1. The Morgan fingerprint density at radius 2 is 2.17 bits per heavy atom. The SMILES string of the molecule is Cc1nc(NC(=N)N)sc1C(=O)Nc1cccc(OCC(=O)O)c1. The molecule has 0 saturated carbocycles. The van der Waals surface area contributed by atoms with Crippen molar-refractivity contribution in [3.8, 4) is 5.75 Å². The molecule has 0 spiro atoms. The molecule has 1 aromatic heterocycles. The number of hydrogen-bond donors (Lipinski definition) is 5. The van der Waals surface area contributed by atoms with Gasteiger partial charge in [0.05, 0.1) is 5.69 Å². The monoisotopic (exact) mass is 349 g/mol. The van der Waals surface area contributed by atoms with Crippen LogP contribution >= 0.6 is 11.3 Å². The Balaban J connectivity index is 2.09. The number of amides is 1. The van der Waals surface area contributed by atoms with E-state index in [1.807, 2.05) is 0 Å². The predicted octanol–water partition coefficient (Wildman–Crippen LogP) is 1.47. The number of benzene rings is 1. The van der Waals surface area contributed by atoms with E-state index in [0.29, 0.717) is 27.1 Å². The Kier molecular flexibility index (Phi) is 5.32. The molecule has 2 aromatic rings. The molecule has 1 amide bonds. The molecule has 0 aliphatic heterocycles. The smallest absolute Gasteiger partial charge is 0.341 e. The van der Waals surface area contributed by atoms with Gasteiger partial charge in [-0.25, -0.2) is 9.78 Å². The van der Waals surface area contributed by atoms with Crippen molar-refractivity contribution < 1.29 is 19.4 Å². The van der Waals surface area contributed by atoms with Gasteiger partial charge < -0.3 is 26.2 Å². The van der Waals surface area contributed by atoms with E-state index >= 15 is 0 Å². The Morgan fingerprint density at radius 1 is 1.42 bits per heavy atom. The van der Waals surface area contributed by atoms with Crippen LogP contribution in [0.15, 0.2) is 24.3 Å². The number of carboxylic acids is 1. The maximum atomic E-state index is 12.3. The van der Waals surface area contributed by atoms with Crippen molar-refractivity contribution in [1.82, 2.24) is 4.98 Å². The third-order valence-electron chi connectivity index (χ3n) is 2.70. The highest BCUT2D eigenvalue weighted by Crippen LogP contribution is 2.24. The van der Waals surface area contributed by atoms with Gasteiger partial charge in [0.2, 0.25) is 0 Å². The number of hydrogen-bond acceptors (Lipinski definition) is 6. The minimum absolute atomic E-state index is 0.265. The number of nitrogens with two attached hydrogens (primary N) is 1. The average Bonchev–Trinajstić information content (AvgIpc) is 2.85. The fourth-order valence-electron chi connectivity index (χ4n) is 1.77. The first-order valence-electron chi connectivity index (χ1n) is 6.69. The van der Waals surface area contributed by atoms with Crippen LogP contribution in [0.3, 0.4) is 0 Å². The molecule has 0 fully saturated rings. The lowest BCUT2D eigenvalue weighted by atomic mass is 10.3. The summed E-state index contributed by atoms with van der Waals surface area (Å²) in [5.74, 6) is -1.40. The van der Waals surface area contributed by atoms with Gasteiger partial charge in [0.25, 0.3) is 5.91 Å². The molecule has 24 heavy (non-hydrogen) atoms. The molecule has 0 unspecified atom stereocenters. The Morgan fingerprint density at radius 3 is 2.83 bits per heavy atom. The van der Waals surface area contributed by atoms with E-state index in [-0.39, 0.29) is 11.9 Å². The zero-order valence-corrected chi connectivity index (χ0v) is 13.4. The van der Waals surface area contributed by atoms with E-state index in [9.17, 15) is 9.59 Å². The molecule has 0 radical (unpaired) electrons. The summed E-state index contributed by atoms with van der Waals surface area (Å²) in [7, 11) is 0. The number of carbonyl (C=O) groups excluding carboxylic acids is 1. The molecule has 1 aromatic carbocycles. The van der Waals surface area contributed by atoms with Crippen LogP contribution in [0.25, 0.3) is 0 Å². The predicted molar refractivity (Wildman–Crippen MR) is 89.9 cm³/mol. The van der Waals surface area contributed by atoms with Gasteiger partial charge in [-0.15, -0.1) is 0 Å². The topological polar surface area (TPSA) is 150 Å². The fourth-order valence-corrected chi connectivity index (χ4v) is 2.65. The zero-order chi connectivity index (χ0) is 17.7. The summed E-state index contributed by atoms with van der Waals surface area (Å²) in [6.45, 7) is 1.20. The van der Waals surface area contributed by atoms with Gasteiger partial charge in [0, 0.05) is 11.8 Å². The van der Waals surface area contributed by atoms with Gasteiger partial charge in [0.15, 0.2) is 17.7 Å². The van der Waals surface area contributed by atoms with Crippen molar-refractivity contribution in [1.29, 1.82) is 5.41 Å². The summed E-state index contributed by atoms with van der Waals surface area (Å²) < 4.78 is 5.06. The quantitative estimate of drug-likeness (QED) is 0.391. The van der Waals surface area contributed by atoms with Crippen LogP contribution in [0.5, 0.6) is 5.75 Å². The van der Waals surface area contributed by atoms with Crippen LogP contribution in [0, 0.1) is 12.3 Å². The molecular weight excluding hydrogens is 334 g/mol. The van der Waals surface area contributed by atoms with Crippen molar-refractivity contribution in [2.24, 2.45) is 5.73 Å². The number of aryl methyl sites for hydroxylation is 1. The minimum atomic E-state index is -1.09. The van der Waals surface area contributed by atoms with E-state index in [2.05, 4.69) is 15.6 Å². The molecule has 0 saturated heterocycles. The van der Waals surface area contributed by atoms with E-state index in [4.69, 9.17) is 21.0 Å². The lowest BCUT2D eigenvalue weighted by Crippen LogP contribution is -2.20. The van der Waals surface area contributed by atoms with Gasteiger partial charge in [0.1, 0.15) is 10.6 Å². The molecule has 9 nitrogen and oxygen atoms in total. The van der Waals surface area contributed by atoms with Gasteiger partial charge in [-0.3, -0.25) is 10.2 Å². The lowest BCUT2D eigenvalue weighted by molar-refractivity contribution is -0.139. The summed E-state index contributed by atoms with van der Waals surface area (Å²) in [5, 5.41) is 21.3. The van der Waals surface area contributed by atoms with E-state index < -0.39 is 12.6 Å². The Hall–Kier alpha value is -3.14. The van der Waals surface area contributed by atoms with Crippen molar-refractivity contribution in [2.45, 2.75) is 6.92 Å². The molecule has 2 rings (SSSR count). The van der Waals surface area contributed by atoms with Crippen LogP contribution < -0.4 is 21.1 Å². The second-order valence-electron chi connectivity index (χ2n) is 4.64. The molecule has 0 bridgehead atoms. The van der Waals surface area contributed by atoms with Crippen molar-refractivity contribution in [2.75, 3.05) is 17.2 Å². The minimum Gasteiger partial charge on any atom is -0.482 e. The molecule has 10 heteroatoms. The van der Waals surface area contributed by atoms with Crippen molar-refractivity contribution in [3.05, 3.63) is 34.8 Å². The van der Waals surface area contributed by atoms with Crippen LogP contribution in [-0.2, 0) is 4.79 Å². The summed E-state index contributed by atoms with van der Waals surface area (Å²) in [5.41, 5.74) is 6.19. The highest BCUT2D eigenvalue weighted by atomic mass is 32.1. The number of guanidine groups is 1. The second-order valence-corrected chi connectivity index (χ2v) is 5.64.